The van der Waals surface area contributed by atoms with Crippen molar-refractivity contribution in [2.45, 2.75) is 50.7 Å². The van der Waals surface area contributed by atoms with Crippen LogP contribution in [0.5, 0.6) is 0 Å². The first-order chi connectivity index (χ1) is 20.6. The van der Waals surface area contributed by atoms with Crippen molar-refractivity contribution in [3.8, 4) is 0 Å². The maximum Gasteiger partial charge on any atom is 0.264 e. The minimum Gasteiger partial charge on any atom is -0.352 e. The van der Waals surface area contributed by atoms with Crippen LogP contribution in [0.4, 0.5) is 10.1 Å². The first-order valence-electron chi connectivity index (χ1n) is 14.1. The van der Waals surface area contributed by atoms with E-state index in [0.29, 0.717) is 0 Å². The molecule has 0 saturated heterocycles. The van der Waals surface area contributed by atoms with Crippen LogP contribution in [0.1, 0.15) is 30.5 Å². The molecular formula is C34H36FN3O4S. The zero-order valence-corrected chi connectivity index (χ0v) is 25.3. The smallest absolute Gasteiger partial charge is 0.264 e. The molecule has 9 heteroatoms. The Hall–Kier alpha value is -4.50. The molecule has 224 valence electrons. The number of carbonyl (C=O) groups is 2. The molecule has 0 aliphatic carbocycles. The Morgan fingerprint density at radius 2 is 1.40 bits per heavy atom. The van der Waals surface area contributed by atoms with Gasteiger partial charge in [-0.3, -0.25) is 13.9 Å². The highest BCUT2D eigenvalue weighted by Crippen LogP contribution is 2.27. The molecule has 0 bridgehead atoms. The van der Waals surface area contributed by atoms with E-state index in [9.17, 15) is 18.0 Å². The largest absolute Gasteiger partial charge is 0.352 e. The summed E-state index contributed by atoms with van der Waals surface area (Å²) in [5, 5.41) is 2.92. The van der Waals surface area contributed by atoms with Crippen molar-refractivity contribution in [2.24, 2.45) is 0 Å². The van der Waals surface area contributed by atoms with Crippen LogP contribution in [-0.4, -0.2) is 43.8 Å². The number of rotatable bonds is 12. The zero-order valence-electron chi connectivity index (χ0n) is 24.5. The molecule has 0 aliphatic heterocycles. The van der Waals surface area contributed by atoms with Gasteiger partial charge in [0, 0.05) is 19.0 Å². The van der Waals surface area contributed by atoms with E-state index < -0.39 is 34.3 Å². The second-order valence-corrected chi connectivity index (χ2v) is 12.5. The quantitative estimate of drug-likeness (QED) is 0.233. The molecule has 1 atom stereocenters. The highest BCUT2D eigenvalue weighted by molar-refractivity contribution is 7.92. The number of benzene rings is 4. The molecule has 0 heterocycles. The molecular weight excluding hydrogens is 565 g/mol. The van der Waals surface area contributed by atoms with Gasteiger partial charge in [-0.1, -0.05) is 84.9 Å². The summed E-state index contributed by atoms with van der Waals surface area (Å²) in [4.78, 5) is 29.4. The molecule has 4 aromatic carbocycles. The second-order valence-electron chi connectivity index (χ2n) is 10.6. The molecule has 1 N–H and O–H groups in total. The molecule has 7 nitrogen and oxygen atoms in total. The summed E-state index contributed by atoms with van der Waals surface area (Å²) in [5.41, 5.74) is 2.28. The summed E-state index contributed by atoms with van der Waals surface area (Å²) < 4.78 is 43.8. The summed E-state index contributed by atoms with van der Waals surface area (Å²) in [5.74, 6) is -1.81. The van der Waals surface area contributed by atoms with Crippen LogP contribution in [0, 0.1) is 12.7 Å². The third-order valence-electron chi connectivity index (χ3n) is 7.04. The van der Waals surface area contributed by atoms with Crippen molar-refractivity contribution < 1.29 is 22.4 Å². The number of carbonyl (C=O) groups excluding carboxylic acids is 2. The number of hydrogen-bond donors (Lipinski definition) is 1. The predicted octanol–water partition coefficient (Wildman–Crippen LogP) is 5.49. The van der Waals surface area contributed by atoms with E-state index in [1.165, 1.54) is 35.2 Å². The lowest BCUT2D eigenvalue weighted by Gasteiger charge is -2.34. The number of para-hydroxylation sites is 1. The van der Waals surface area contributed by atoms with Crippen LogP contribution in [0.25, 0.3) is 0 Å². The van der Waals surface area contributed by atoms with Crippen molar-refractivity contribution in [1.29, 1.82) is 0 Å². The van der Waals surface area contributed by atoms with Crippen LogP contribution in [0.15, 0.2) is 114 Å². The standard InChI is InChI=1S/C34H36FN3O4S/c1-25(2)36-34(40)32(22-27-15-6-4-7-16-27)37(23-28-17-11-10-14-26(28)3)33(39)24-38(31-21-13-12-20-30(31)35)43(41,42)29-18-8-5-9-19-29/h4-21,25,32H,22-24H2,1-3H3,(H,36,40)/t32-/m0/s1. The minimum atomic E-state index is -4.36. The molecule has 0 radical (unpaired) electrons. The Kier molecular flexibility index (Phi) is 10.3. The van der Waals surface area contributed by atoms with Gasteiger partial charge in [-0.25, -0.2) is 12.8 Å². The van der Waals surface area contributed by atoms with Gasteiger partial charge in [-0.15, -0.1) is 0 Å². The maximum absolute atomic E-state index is 15.2. The third-order valence-corrected chi connectivity index (χ3v) is 8.81. The van der Waals surface area contributed by atoms with E-state index in [-0.39, 0.29) is 35.5 Å². The Bertz CT molecular complexity index is 1650. The molecule has 0 aromatic heterocycles. The van der Waals surface area contributed by atoms with Gasteiger partial charge in [0.15, 0.2) is 0 Å². The van der Waals surface area contributed by atoms with Gasteiger partial charge in [-0.05, 0) is 61.7 Å². The monoisotopic (exact) mass is 601 g/mol. The Morgan fingerprint density at radius 1 is 0.814 bits per heavy atom. The van der Waals surface area contributed by atoms with E-state index >= 15 is 4.39 Å². The van der Waals surface area contributed by atoms with Gasteiger partial charge < -0.3 is 10.2 Å². The lowest BCUT2D eigenvalue weighted by Crippen LogP contribution is -2.54. The fraction of sp³-hybridized carbons (Fsp3) is 0.235. The normalized spacial score (nSPS) is 12.0. The Labute approximate surface area is 253 Å². The van der Waals surface area contributed by atoms with E-state index in [0.717, 1.165) is 27.1 Å². The minimum absolute atomic E-state index is 0.0466. The first kappa shape index (κ1) is 31.4. The summed E-state index contributed by atoms with van der Waals surface area (Å²) in [6.07, 6.45) is 0.197. The van der Waals surface area contributed by atoms with Gasteiger partial charge in [0.2, 0.25) is 11.8 Å². The fourth-order valence-corrected chi connectivity index (χ4v) is 6.24. The summed E-state index contributed by atoms with van der Waals surface area (Å²) in [6, 6.07) is 28.6. The van der Waals surface area contributed by atoms with Crippen molar-refractivity contribution >= 4 is 27.5 Å². The number of hydrogen-bond acceptors (Lipinski definition) is 4. The highest BCUT2D eigenvalue weighted by atomic mass is 32.2. The zero-order chi connectivity index (χ0) is 31.0. The predicted molar refractivity (Wildman–Crippen MR) is 166 cm³/mol. The number of amides is 2. The SMILES string of the molecule is Cc1ccccc1CN(C(=O)CN(c1ccccc1F)S(=O)(=O)c1ccccc1)[C@@H](Cc1ccccc1)C(=O)NC(C)C. The molecule has 4 rings (SSSR count). The lowest BCUT2D eigenvalue weighted by atomic mass is 10.0. The van der Waals surface area contributed by atoms with Crippen molar-refractivity contribution in [1.82, 2.24) is 10.2 Å². The van der Waals surface area contributed by atoms with Crippen molar-refractivity contribution in [3.05, 3.63) is 132 Å². The summed E-state index contributed by atoms with van der Waals surface area (Å²) in [6.45, 7) is 4.90. The van der Waals surface area contributed by atoms with Crippen molar-refractivity contribution in [2.75, 3.05) is 10.8 Å². The number of anilines is 1. The summed E-state index contributed by atoms with van der Waals surface area (Å²) in [7, 11) is -4.36. The number of halogens is 1. The Balaban J connectivity index is 1.82. The lowest BCUT2D eigenvalue weighted by molar-refractivity contribution is -0.140. The molecule has 0 fully saturated rings. The number of nitrogens with zero attached hydrogens (tertiary/aromatic N) is 2. The maximum atomic E-state index is 15.2. The van der Waals surface area contributed by atoms with E-state index in [2.05, 4.69) is 5.32 Å². The second kappa shape index (κ2) is 14.1. The molecule has 0 unspecified atom stereocenters. The van der Waals surface area contributed by atoms with Gasteiger partial charge in [-0.2, -0.15) is 0 Å². The third kappa shape index (κ3) is 7.87. The van der Waals surface area contributed by atoms with Crippen LogP contribution in [-0.2, 0) is 32.6 Å². The highest BCUT2D eigenvalue weighted by Gasteiger charge is 2.35. The fourth-order valence-electron chi connectivity index (χ4n) is 4.79. The first-order valence-corrected chi connectivity index (χ1v) is 15.5. The molecule has 0 spiro atoms. The van der Waals surface area contributed by atoms with Crippen LogP contribution in [0.3, 0.4) is 0 Å². The number of sulfonamides is 1. The van der Waals surface area contributed by atoms with Gasteiger partial charge >= 0.3 is 0 Å². The van der Waals surface area contributed by atoms with Crippen LogP contribution >= 0.6 is 0 Å². The van der Waals surface area contributed by atoms with Gasteiger partial charge in [0.1, 0.15) is 18.4 Å². The average Bonchev–Trinajstić information content (AvgIpc) is 2.99. The van der Waals surface area contributed by atoms with E-state index in [1.54, 1.807) is 18.2 Å². The average molecular weight is 602 g/mol. The molecule has 43 heavy (non-hydrogen) atoms. The molecule has 2 amide bonds. The van der Waals surface area contributed by atoms with Gasteiger partial charge in [0.05, 0.1) is 10.6 Å². The topological polar surface area (TPSA) is 86.8 Å². The molecule has 4 aromatic rings. The Morgan fingerprint density at radius 3 is 2.02 bits per heavy atom. The molecule has 0 aliphatic rings. The van der Waals surface area contributed by atoms with Crippen LogP contribution < -0.4 is 9.62 Å². The number of aryl methyl sites for hydroxylation is 1. The van der Waals surface area contributed by atoms with E-state index in [4.69, 9.17) is 0 Å². The van der Waals surface area contributed by atoms with E-state index in [1.807, 2.05) is 75.4 Å². The number of nitrogens with one attached hydrogen (secondary N) is 1. The molecule has 0 saturated carbocycles. The van der Waals surface area contributed by atoms with Crippen molar-refractivity contribution in [3.63, 3.8) is 0 Å². The van der Waals surface area contributed by atoms with Crippen LogP contribution in [0.2, 0.25) is 0 Å². The van der Waals surface area contributed by atoms with Gasteiger partial charge in [0.25, 0.3) is 10.0 Å². The summed E-state index contributed by atoms with van der Waals surface area (Å²) >= 11 is 0.